The smallest absolute Gasteiger partial charge is 0.00598 e. The molecule has 4 saturated carbocycles. The Balaban J connectivity index is 0.000000948. The summed E-state index contributed by atoms with van der Waals surface area (Å²) < 4.78 is 0. The number of fused-ring (bicyclic) bond motifs is 5. The van der Waals surface area contributed by atoms with E-state index in [4.69, 9.17) is 0 Å². The Morgan fingerprint density at radius 1 is 0.885 bits per heavy atom. The molecule has 0 N–H and O–H groups in total. The second-order valence-corrected chi connectivity index (χ2v) is 11.5. The molecule has 1 heteroatoms. The summed E-state index contributed by atoms with van der Waals surface area (Å²) in [6, 6.07) is 0. The van der Waals surface area contributed by atoms with Crippen LogP contribution in [0.1, 0.15) is 99.3 Å². The Morgan fingerprint density at radius 2 is 1.54 bits per heavy atom. The summed E-state index contributed by atoms with van der Waals surface area (Å²) in [4.78, 5) is 0. The molecule has 4 rings (SSSR count). The third-order valence-corrected chi connectivity index (χ3v) is 11.0. The van der Waals surface area contributed by atoms with Crippen LogP contribution in [0, 0.1) is 52.3 Å². The van der Waals surface area contributed by atoms with Crippen molar-refractivity contribution < 1.29 is 0 Å². The van der Waals surface area contributed by atoms with Crippen LogP contribution in [-0.2, 0) is 0 Å². The van der Waals surface area contributed by atoms with Gasteiger partial charge in [0.2, 0.25) is 0 Å². The molecule has 0 bridgehead atoms. The first kappa shape index (κ1) is 21.2. The lowest BCUT2D eigenvalue weighted by Gasteiger charge is -2.61. The Morgan fingerprint density at radius 3 is 2.23 bits per heavy atom. The highest BCUT2D eigenvalue weighted by Crippen LogP contribution is 2.68. The van der Waals surface area contributed by atoms with Crippen molar-refractivity contribution in [1.29, 1.82) is 0 Å². The van der Waals surface area contributed by atoms with E-state index in [1.54, 1.807) is 19.3 Å². The first-order valence-corrected chi connectivity index (χ1v) is 13.1. The average Bonchev–Trinajstić information content (AvgIpc) is 3.00. The Labute approximate surface area is 172 Å². The molecule has 0 saturated heterocycles. The zero-order valence-corrected chi connectivity index (χ0v) is 20.1. The third-order valence-electron chi connectivity index (χ3n) is 9.93. The van der Waals surface area contributed by atoms with Gasteiger partial charge in [-0.1, -0.05) is 63.9 Å². The maximum Gasteiger partial charge on any atom is 0.00598 e. The number of halogens is 1. The fourth-order valence-corrected chi connectivity index (χ4v) is 9.01. The summed E-state index contributed by atoms with van der Waals surface area (Å²) in [5.74, 6) is 7.03. The largest absolute Gasteiger partial charge is 0.0925 e. The van der Waals surface area contributed by atoms with Gasteiger partial charge >= 0.3 is 0 Å². The van der Waals surface area contributed by atoms with Gasteiger partial charge in [0, 0.05) is 5.33 Å². The Bertz CT molecular complexity index is 473. The quantitative estimate of drug-likeness (QED) is 0.390. The van der Waals surface area contributed by atoms with Gasteiger partial charge in [0.25, 0.3) is 0 Å². The molecule has 0 heterocycles. The lowest BCUT2D eigenvalue weighted by molar-refractivity contribution is -0.119. The van der Waals surface area contributed by atoms with E-state index in [9.17, 15) is 0 Å². The van der Waals surface area contributed by atoms with Gasteiger partial charge in [0.15, 0.2) is 0 Å². The van der Waals surface area contributed by atoms with Crippen LogP contribution in [0.3, 0.4) is 0 Å². The van der Waals surface area contributed by atoms with Gasteiger partial charge in [-0.15, -0.1) is 0 Å². The standard InChI is InChI=1S/C23H39Br.C2H6/c1-15-9-11-22(3)17(13-15)5-6-18-20-8-7-19(16(2)14-24)23(20,4)12-10-21(18)22;1-2/h15-21H,5-14H2,1-4H3;1-2H3. The minimum Gasteiger partial charge on any atom is -0.0925 e. The fraction of sp³-hybridized carbons (Fsp3) is 1.00. The normalized spacial score (nSPS) is 51.3. The monoisotopic (exact) mass is 424 g/mol. The molecule has 0 aromatic carbocycles. The number of alkyl halides is 1. The van der Waals surface area contributed by atoms with E-state index in [1.165, 1.54) is 43.9 Å². The van der Waals surface area contributed by atoms with Crippen molar-refractivity contribution >= 4 is 15.9 Å². The van der Waals surface area contributed by atoms with Crippen LogP contribution in [-0.4, -0.2) is 5.33 Å². The lowest BCUT2D eigenvalue weighted by atomic mass is 9.44. The van der Waals surface area contributed by atoms with Crippen LogP contribution < -0.4 is 0 Å². The zero-order valence-electron chi connectivity index (χ0n) is 18.5. The van der Waals surface area contributed by atoms with Crippen LogP contribution in [0.2, 0.25) is 0 Å². The predicted molar refractivity (Wildman–Crippen MR) is 119 cm³/mol. The minimum atomic E-state index is 0.652. The lowest BCUT2D eigenvalue weighted by Crippen LogP contribution is -2.53. The maximum absolute atomic E-state index is 3.79. The van der Waals surface area contributed by atoms with E-state index in [0.717, 1.165) is 41.4 Å². The molecule has 152 valence electrons. The Kier molecular flexibility index (Phi) is 6.58. The highest BCUT2D eigenvalue weighted by Gasteiger charge is 2.60. The predicted octanol–water partition coefficient (Wildman–Crippen LogP) is 8.34. The molecule has 0 spiro atoms. The van der Waals surface area contributed by atoms with Crippen LogP contribution >= 0.6 is 15.9 Å². The summed E-state index contributed by atoms with van der Waals surface area (Å²) in [7, 11) is 0. The van der Waals surface area contributed by atoms with Gasteiger partial charge < -0.3 is 0 Å². The SMILES string of the molecule is CC.CC1CCC2(C)C(CCC3C2CCC2(C)C(C(C)CBr)CCC32)C1. The highest BCUT2D eigenvalue weighted by atomic mass is 79.9. The molecule has 0 aliphatic heterocycles. The molecule has 4 aliphatic rings. The first-order valence-electron chi connectivity index (χ1n) is 12.0. The van der Waals surface area contributed by atoms with Gasteiger partial charge in [0.1, 0.15) is 0 Å². The maximum atomic E-state index is 3.79. The van der Waals surface area contributed by atoms with Crippen molar-refractivity contribution in [2.75, 3.05) is 5.33 Å². The summed E-state index contributed by atoms with van der Waals surface area (Å²) in [5, 5.41) is 1.20. The second-order valence-electron chi connectivity index (χ2n) is 10.9. The van der Waals surface area contributed by atoms with Crippen LogP contribution in [0.4, 0.5) is 0 Å². The fourth-order valence-electron chi connectivity index (χ4n) is 8.56. The molecule has 4 aliphatic carbocycles. The van der Waals surface area contributed by atoms with Crippen molar-refractivity contribution in [1.82, 2.24) is 0 Å². The molecule has 0 aromatic heterocycles. The van der Waals surface area contributed by atoms with Gasteiger partial charge in [-0.3, -0.25) is 0 Å². The molecular formula is C25H45Br. The molecule has 4 fully saturated rings. The molecular weight excluding hydrogens is 380 g/mol. The molecule has 0 radical (unpaired) electrons. The summed E-state index contributed by atoms with van der Waals surface area (Å²) in [5.41, 5.74) is 1.34. The van der Waals surface area contributed by atoms with Gasteiger partial charge in [-0.05, 0) is 104 Å². The van der Waals surface area contributed by atoms with E-state index < -0.39 is 0 Å². The van der Waals surface area contributed by atoms with Crippen molar-refractivity contribution in [3.8, 4) is 0 Å². The van der Waals surface area contributed by atoms with Crippen LogP contribution in [0.5, 0.6) is 0 Å². The van der Waals surface area contributed by atoms with Crippen LogP contribution in [0.25, 0.3) is 0 Å². The van der Waals surface area contributed by atoms with E-state index in [-0.39, 0.29) is 0 Å². The summed E-state index contributed by atoms with van der Waals surface area (Å²) in [6.07, 6.45) is 13.8. The van der Waals surface area contributed by atoms with Crippen molar-refractivity contribution in [3.63, 3.8) is 0 Å². The topological polar surface area (TPSA) is 0 Å². The van der Waals surface area contributed by atoms with Crippen molar-refractivity contribution in [3.05, 3.63) is 0 Å². The molecule has 0 nitrogen and oxygen atoms in total. The van der Waals surface area contributed by atoms with E-state index in [0.29, 0.717) is 10.8 Å². The minimum absolute atomic E-state index is 0.652. The highest BCUT2D eigenvalue weighted by molar-refractivity contribution is 9.09. The molecule has 26 heavy (non-hydrogen) atoms. The zero-order chi connectivity index (χ0) is 19.1. The number of hydrogen-bond donors (Lipinski definition) is 0. The van der Waals surface area contributed by atoms with Crippen molar-refractivity contribution in [2.24, 2.45) is 52.3 Å². The molecule has 9 unspecified atom stereocenters. The van der Waals surface area contributed by atoms with Gasteiger partial charge in [-0.25, -0.2) is 0 Å². The van der Waals surface area contributed by atoms with E-state index in [2.05, 4.69) is 43.6 Å². The summed E-state index contributed by atoms with van der Waals surface area (Å²) in [6.45, 7) is 14.4. The van der Waals surface area contributed by atoms with E-state index in [1.807, 2.05) is 13.8 Å². The molecule has 0 aromatic rings. The number of rotatable bonds is 2. The number of hydrogen-bond acceptors (Lipinski definition) is 0. The average molecular weight is 426 g/mol. The van der Waals surface area contributed by atoms with Gasteiger partial charge in [-0.2, -0.15) is 0 Å². The van der Waals surface area contributed by atoms with E-state index >= 15 is 0 Å². The molecule has 0 amide bonds. The first-order chi connectivity index (χ1) is 12.4. The Hall–Kier alpha value is 0.480. The van der Waals surface area contributed by atoms with Gasteiger partial charge in [0.05, 0.1) is 0 Å². The molecule has 9 atom stereocenters. The van der Waals surface area contributed by atoms with Crippen LogP contribution in [0.15, 0.2) is 0 Å². The second kappa shape index (κ2) is 8.08. The third kappa shape index (κ3) is 3.25. The summed E-state index contributed by atoms with van der Waals surface area (Å²) >= 11 is 3.79. The van der Waals surface area contributed by atoms with Crippen molar-refractivity contribution in [2.45, 2.75) is 99.3 Å².